The molecule has 4 heteroatoms. The van der Waals surface area contributed by atoms with E-state index in [0.717, 1.165) is 28.4 Å². The topological polar surface area (TPSA) is 30.5 Å². The van der Waals surface area contributed by atoms with Gasteiger partial charge in [-0.3, -0.25) is 0 Å². The third kappa shape index (κ3) is 4.11. The van der Waals surface area contributed by atoms with Crippen LogP contribution < -0.4 is 14.8 Å². The molecule has 2 rings (SSSR count). The Hall–Kier alpha value is -0.740. The van der Waals surface area contributed by atoms with Crippen LogP contribution in [-0.2, 0) is 6.54 Å². The molecule has 0 aromatic heterocycles. The molecule has 0 heterocycles. The summed E-state index contributed by atoms with van der Waals surface area (Å²) in [6.45, 7) is 3.10. The van der Waals surface area contributed by atoms with Gasteiger partial charge in [0.15, 0.2) is 11.5 Å². The maximum absolute atomic E-state index is 5.34. The lowest BCUT2D eigenvalue weighted by atomic mass is 10.1. The van der Waals surface area contributed by atoms with Crippen LogP contribution in [0.2, 0.25) is 0 Å². The Morgan fingerprint density at radius 2 is 1.89 bits per heavy atom. The summed E-state index contributed by atoms with van der Waals surface area (Å²) < 4.78 is 11.7. The molecule has 1 aromatic rings. The lowest BCUT2D eigenvalue weighted by molar-refractivity contribution is 0.354. The van der Waals surface area contributed by atoms with E-state index in [4.69, 9.17) is 9.47 Å². The number of ether oxygens (including phenoxy) is 2. The van der Waals surface area contributed by atoms with Crippen LogP contribution in [0.3, 0.4) is 0 Å². The van der Waals surface area contributed by atoms with E-state index in [1.165, 1.54) is 24.8 Å². The summed E-state index contributed by atoms with van der Waals surface area (Å²) in [6, 6.07) is 4.55. The van der Waals surface area contributed by atoms with Gasteiger partial charge >= 0.3 is 0 Å². The zero-order valence-electron chi connectivity index (χ0n) is 11.8. The molecule has 0 amide bonds. The van der Waals surface area contributed by atoms with Crippen molar-refractivity contribution in [2.45, 2.75) is 38.8 Å². The zero-order valence-corrected chi connectivity index (χ0v) is 13.4. The Kier molecular flexibility index (Phi) is 5.11. The van der Waals surface area contributed by atoms with Crippen molar-refractivity contribution in [3.05, 3.63) is 22.2 Å². The van der Waals surface area contributed by atoms with Crippen molar-refractivity contribution in [3.8, 4) is 11.5 Å². The fraction of sp³-hybridized carbons (Fsp3) is 0.600. The molecule has 106 valence electrons. The van der Waals surface area contributed by atoms with E-state index >= 15 is 0 Å². The number of hydrogen-bond donors (Lipinski definition) is 1. The highest BCUT2D eigenvalue weighted by molar-refractivity contribution is 9.10. The van der Waals surface area contributed by atoms with Crippen LogP contribution in [0.5, 0.6) is 11.5 Å². The van der Waals surface area contributed by atoms with Gasteiger partial charge in [0.1, 0.15) is 0 Å². The van der Waals surface area contributed by atoms with Gasteiger partial charge in [-0.1, -0.05) is 28.8 Å². The molecule has 0 spiro atoms. The Morgan fingerprint density at radius 3 is 2.47 bits per heavy atom. The molecule has 1 atom stereocenters. The van der Waals surface area contributed by atoms with Crippen LogP contribution in [-0.4, -0.2) is 20.3 Å². The summed E-state index contributed by atoms with van der Waals surface area (Å²) in [7, 11) is 3.32. The third-order valence-electron chi connectivity index (χ3n) is 3.58. The molecule has 1 unspecified atom stereocenters. The highest BCUT2D eigenvalue weighted by Crippen LogP contribution is 2.34. The molecule has 0 aliphatic heterocycles. The van der Waals surface area contributed by atoms with Gasteiger partial charge in [0.25, 0.3) is 0 Å². The molecule has 0 radical (unpaired) electrons. The average Bonchev–Trinajstić information content (AvgIpc) is 3.20. The van der Waals surface area contributed by atoms with E-state index < -0.39 is 0 Å². The first kappa shape index (κ1) is 14.7. The standard InChI is InChI=1S/C15H22BrNO2/c1-10(6-11-4-5-11)17-9-12-7-14(18-2)15(19-3)8-13(12)16/h7-8,10-11,17H,4-6,9H2,1-3H3. The van der Waals surface area contributed by atoms with Gasteiger partial charge in [-0.15, -0.1) is 0 Å². The molecule has 19 heavy (non-hydrogen) atoms. The molecule has 0 bridgehead atoms. The Morgan fingerprint density at radius 1 is 1.26 bits per heavy atom. The van der Waals surface area contributed by atoms with E-state index in [0.29, 0.717) is 6.04 Å². The average molecular weight is 328 g/mol. The molecule has 1 aliphatic rings. The van der Waals surface area contributed by atoms with E-state index in [1.54, 1.807) is 14.2 Å². The lowest BCUT2D eigenvalue weighted by Crippen LogP contribution is -2.26. The SMILES string of the molecule is COc1cc(Br)c(CNC(C)CC2CC2)cc1OC. The van der Waals surface area contributed by atoms with E-state index in [-0.39, 0.29) is 0 Å². The minimum absolute atomic E-state index is 0.562. The largest absolute Gasteiger partial charge is 0.493 e. The van der Waals surface area contributed by atoms with E-state index in [9.17, 15) is 0 Å². The Balaban J connectivity index is 1.98. The predicted octanol–water partition coefficient (Wildman–Crippen LogP) is 3.74. The minimum atomic E-state index is 0.562. The summed E-state index contributed by atoms with van der Waals surface area (Å²) in [4.78, 5) is 0. The molecule has 1 aliphatic carbocycles. The minimum Gasteiger partial charge on any atom is -0.493 e. The number of hydrogen-bond acceptors (Lipinski definition) is 3. The Labute approximate surface area is 123 Å². The highest BCUT2D eigenvalue weighted by Gasteiger charge is 2.23. The highest BCUT2D eigenvalue weighted by atomic mass is 79.9. The number of rotatable bonds is 7. The first-order valence-electron chi connectivity index (χ1n) is 6.77. The third-order valence-corrected chi connectivity index (χ3v) is 4.32. The number of nitrogens with one attached hydrogen (secondary N) is 1. The van der Waals surface area contributed by atoms with Crippen molar-refractivity contribution < 1.29 is 9.47 Å². The smallest absolute Gasteiger partial charge is 0.161 e. The molecule has 0 saturated heterocycles. The zero-order chi connectivity index (χ0) is 13.8. The van der Waals surface area contributed by atoms with Crippen molar-refractivity contribution in [3.63, 3.8) is 0 Å². The Bertz CT molecular complexity index is 432. The van der Waals surface area contributed by atoms with E-state index in [2.05, 4.69) is 28.2 Å². The van der Waals surface area contributed by atoms with Gasteiger partial charge in [-0.2, -0.15) is 0 Å². The molecular formula is C15H22BrNO2. The fourth-order valence-corrected chi connectivity index (χ4v) is 2.72. The second-order valence-corrected chi connectivity index (χ2v) is 6.11. The van der Waals surface area contributed by atoms with Gasteiger partial charge < -0.3 is 14.8 Å². The molecule has 1 fully saturated rings. The van der Waals surface area contributed by atoms with Crippen LogP contribution >= 0.6 is 15.9 Å². The van der Waals surface area contributed by atoms with Crippen LogP contribution in [0.25, 0.3) is 0 Å². The van der Waals surface area contributed by atoms with E-state index in [1.807, 2.05) is 12.1 Å². The second kappa shape index (κ2) is 6.62. The monoisotopic (exact) mass is 327 g/mol. The van der Waals surface area contributed by atoms with Gasteiger partial charge in [0.2, 0.25) is 0 Å². The van der Waals surface area contributed by atoms with Crippen LogP contribution in [0.1, 0.15) is 31.7 Å². The molecular weight excluding hydrogens is 306 g/mol. The molecule has 3 nitrogen and oxygen atoms in total. The van der Waals surface area contributed by atoms with Crippen LogP contribution in [0.4, 0.5) is 0 Å². The van der Waals surface area contributed by atoms with Gasteiger partial charge in [0, 0.05) is 17.1 Å². The molecule has 1 aromatic carbocycles. The maximum atomic E-state index is 5.34. The van der Waals surface area contributed by atoms with Crippen molar-refractivity contribution in [1.29, 1.82) is 0 Å². The molecule has 1 N–H and O–H groups in total. The summed E-state index contributed by atoms with van der Waals surface area (Å²) in [6.07, 6.45) is 4.10. The summed E-state index contributed by atoms with van der Waals surface area (Å²) in [5.41, 5.74) is 1.19. The number of halogens is 1. The quantitative estimate of drug-likeness (QED) is 0.827. The summed E-state index contributed by atoms with van der Waals surface area (Å²) in [5, 5.41) is 3.57. The van der Waals surface area contributed by atoms with Gasteiger partial charge in [0.05, 0.1) is 14.2 Å². The van der Waals surface area contributed by atoms with Crippen LogP contribution in [0.15, 0.2) is 16.6 Å². The van der Waals surface area contributed by atoms with Crippen molar-refractivity contribution in [2.75, 3.05) is 14.2 Å². The number of methoxy groups -OCH3 is 2. The summed E-state index contributed by atoms with van der Waals surface area (Å²) >= 11 is 3.59. The molecule has 1 saturated carbocycles. The number of benzene rings is 1. The predicted molar refractivity (Wildman–Crippen MR) is 80.9 cm³/mol. The first-order valence-corrected chi connectivity index (χ1v) is 7.57. The fourth-order valence-electron chi connectivity index (χ4n) is 2.25. The van der Waals surface area contributed by atoms with Crippen LogP contribution in [0, 0.1) is 5.92 Å². The second-order valence-electron chi connectivity index (χ2n) is 5.26. The lowest BCUT2D eigenvalue weighted by Gasteiger charge is -2.16. The van der Waals surface area contributed by atoms with Crippen molar-refractivity contribution in [2.24, 2.45) is 5.92 Å². The summed E-state index contributed by atoms with van der Waals surface area (Å²) in [5.74, 6) is 2.48. The normalized spacial score (nSPS) is 16.2. The van der Waals surface area contributed by atoms with Gasteiger partial charge in [-0.05, 0) is 37.0 Å². The van der Waals surface area contributed by atoms with Crippen molar-refractivity contribution >= 4 is 15.9 Å². The first-order chi connectivity index (χ1) is 9.13. The maximum Gasteiger partial charge on any atom is 0.161 e. The van der Waals surface area contributed by atoms with Gasteiger partial charge in [-0.25, -0.2) is 0 Å². The van der Waals surface area contributed by atoms with Crippen molar-refractivity contribution in [1.82, 2.24) is 5.32 Å².